The Morgan fingerprint density at radius 1 is 1.27 bits per heavy atom. The summed E-state index contributed by atoms with van der Waals surface area (Å²) in [6.45, 7) is 6.86. The van der Waals surface area contributed by atoms with Gasteiger partial charge in [0.2, 0.25) is 5.91 Å². The van der Waals surface area contributed by atoms with Crippen LogP contribution < -0.4 is 5.32 Å². The molecule has 0 radical (unpaired) electrons. The molecular weight excluding hydrogens is 459 g/mol. The van der Waals surface area contributed by atoms with Crippen molar-refractivity contribution in [1.29, 1.82) is 0 Å². The maximum atomic E-state index is 13.4. The number of amides is 1. The van der Waals surface area contributed by atoms with Gasteiger partial charge in [-0.3, -0.25) is 18.8 Å². The van der Waals surface area contributed by atoms with Crippen molar-refractivity contribution in [1.82, 2.24) is 29.3 Å². The van der Waals surface area contributed by atoms with Crippen molar-refractivity contribution in [2.75, 3.05) is 5.32 Å². The molecule has 0 aromatic carbocycles. The number of fused-ring (bicyclic) bond motifs is 1. The molecule has 1 amide bonds. The average Bonchev–Trinajstić information content (AvgIpc) is 3.49. The molecule has 1 N–H and O–H groups in total. The fourth-order valence-electron chi connectivity index (χ4n) is 4.32. The molecule has 0 saturated heterocycles. The van der Waals surface area contributed by atoms with E-state index in [1.807, 2.05) is 18.5 Å². The number of carbonyl (C=O) groups is 1. The van der Waals surface area contributed by atoms with E-state index in [4.69, 9.17) is 11.6 Å². The Morgan fingerprint density at radius 3 is 2.67 bits per heavy atom. The van der Waals surface area contributed by atoms with Crippen LogP contribution in [0.4, 0.5) is 19.0 Å². The Bertz CT molecular complexity index is 1180. The molecule has 0 spiro atoms. The summed E-state index contributed by atoms with van der Waals surface area (Å²) >= 11 is 6.29. The summed E-state index contributed by atoms with van der Waals surface area (Å²) < 4.78 is 45.0. The fraction of sp³-hybridized carbons (Fsp3) is 0.524. The van der Waals surface area contributed by atoms with Gasteiger partial charge in [-0.1, -0.05) is 18.5 Å². The second kappa shape index (κ2) is 8.85. The van der Waals surface area contributed by atoms with Gasteiger partial charge in [0.15, 0.2) is 11.5 Å². The van der Waals surface area contributed by atoms with Crippen LogP contribution in [0, 0.1) is 6.92 Å². The lowest BCUT2D eigenvalue weighted by molar-refractivity contribution is -0.142. The third kappa shape index (κ3) is 4.38. The SMILES string of the molecule is CCC(C(=O)Nc1nn(Cc2cnn(CC)c2C)cc1Cl)n1nc(C(F)(F)F)c2c1CCC2. The van der Waals surface area contributed by atoms with Crippen LogP contribution >= 0.6 is 11.6 Å². The van der Waals surface area contributed by atoms with Gasteiger partial charge in [-0.05, 0) is 39.5 Å². The Morgan fingerprint density at radius 2 is 2.03 bits per heavy atom. The van der Waals surface area contributed by atoms with Crippen molar-refractivity contribution in [3.63, 3.8) is 0 Å². The largest absolute Gasteiger partial charge is 0.435 e. The highest BCUT2D eigenvalue weighted by atomic mass is 35.5. The van der Waals surface area contributed by atoms with E-state index in [-0.39, 0.29) is 22.8 Å². The monoisotopic (exact) mass is 483 g/mol. The van der Waals surface area contributed by atoms with E-state index in [9.17, 15) is 18.0 Å². The highest BCUT2D eigenvalue weighted by molar-refractivity contribution is 6.33. The zero-order valence-corrected chi connectivity index (χ0v) is 19.3. The molecule has 3 aromatic heterocycles. The number of nitrogens with one attached hydrogen (secondary N) is 1. The van der Waals surface area contributed by atoms with Gasteiger partial charge in [-0.2, -0.15) is 28.5 Å². The van der Waals surface area contributed by atoms with E-state index in [1.165, 1.54) is 4.68 Å². The molecule has 3 aromatic rings. The number of aromatic nitrogens is 6. The third-order valence-electron chi connectivity index (χ3n) is 6.01. The van der Waals surface area contributed by atoms with E-state index < -0.39 is 23.8 Å². The fourth-order valence-corrected chi connectivity index (χ4v) is 4.51. The van der Waals surface area contributed by atoms with Crippen LogP contribution in [-0.4, -0.2) is 35.2 Å². The standard InChI is InChI=1S/C21H25ClF3N7O/c1-4-16(32-17-8-6-7-14(17)18(28-32)21(23,24)25)20(33)27-19-15(22)11-30(29-19)10-13-9-26-31(5-2)12(13)3/h9,11,16H,4-8,10H2,1-3H3,(H,27,29,33). The van der Waals surface area contributed by atoms with Crippen molar-refractivity contribution < 1.29 is 18.0 Å². The van der Waals surface area contributed by atoms with Crippen LogP contribution in [-0.2, 0) is 36.9 Å². The number of aryl methyl sites for hydroxylation is 1. The smallest absolute Gasteiger partial charge is 0.306 e. The normalized spacial score (nSPS) is 14.5. The van der Waals surface area contributed by atoms with Gasteiger partial charge < -0.3 is 5.32 Å². The second-order valence-corrected chi connectivity index (χ2v) is 8.48. The average molecular weight is 484 g/mol. The summed E-state index contributed by atoms with van der Waals surface area (Å²) in [6, 6.07) is -0.904. The number of nitrogens with zero attached hydrogens (tertiary/aromatic N) is 6. The van der Waals surface area contributed by atoms with Crippen LogP contribution in [0.2, 0.25) is 5.02 Å². The van der Waals surface area contributed by atoms with Crippen LogP contribution in [0.25, 0.3) is 0 Å². The van der Waals surface area contributed by atoms with Gasteiger partial charge in [0.25, 0.3) is 0 Å². The zero-order valence-electron chi connectivity index (χ0n) is 18.6. The highest BCUT2D eigenvalue weighted by Gasteiger charge is 2.41. The van der Waals surface area contributed by atoms with E-state index in [0.717, 1.165) is 17.8 Å². The van der Waals surface area contributed by atoms with Gasteiger partial charge >= 0.3 is 6.18 Å². The lowest BCUT2D eigenvalue weighted by Crippen LogP contribution is -2.28. The second-order valence-electron chi connectivity index (χ2n) is 8.08. The van der Waals surface area contributed by atoms with E-state index >= 15 is 0 Å². The van der Waals surface area contributed by atoms with Crippen LogP contribution in [0.1, 0.15) is 60.9 Å². The predicted octanol–water partition coefficient (Wildman–Crippen LogP) is 4.40. The molecule has 1 unspecified atom stereocenters. The zero-order chi connectivity index (χ0) is 23.9. The summed E-state index contributed by atoms with van der Waals surface area (Å²) in [5, 5.41) is 15.4. The molecule has 178 valence electrons. The molecule has 0 bridgehead atoms. The first kappa shape index (κ1) is 23.3. The number of hydrogen-bond acceptors (Lipinski definition) is 4. The van der Waals surface area contributed by atoms with Gasteiger partial charge in [0.1, 0.15) is 11.1 Å². The summed E-state index contributed by atoms with van der Waals surface area (Å²) in [6.07, 6.45) is 0.448. The van der Waals surface area contributed by atoms with Crippen LogP contribution in [0.15, 0.2) is 12.4 Å². The highest BCUT2D eigenvalue weighted by Crippen LogP contribution is 2.38. The van der Waals surface area contributed by atoms with Crippen molar-refractivity contribution >= 4 is 23.3 Å². The number of carbonyl (C=O) groups excluding carboxylic acids is 1. The van der Waals surface area contributed by atoms with Crippen molar-refractivity contribution in [2.24, 2.45) is 0 Å². The molecular formula is C21H25ClF3N7O. The minimum atomic E-state index is -4.56. The first-order valence-corrected chi connectivity index (χ1v) is 11.2. The van der Waals surface area contributed by atoms with Crippen LogP contribution in [0.5, 0.6) is 0 Å². The topological polar surface area (TPSA) is 82.6 Å². The maximum absolute atomic E-state index is 13.4. The Hall–Kier alpha value is -2.82. The molecule has 33 heavy (non-hydrogen) atoms. The predicted molar refractivity (Wildman–Crippen MR) is 116 cm³/mol. The third-order valence-corrected chi connectivity index (χ3v) is 6.28. The summed E-state index contributed by atoms with van der Waals surface area (Å²) in [7, 11) is 0. The number of anilines is 1. The van der Waals surface area contributed by atoms with E-state index in [0.29, 0.717) is 31.5 Å². The Balaban J connectivity index is 1.55. The number of hydrogen-bond donors (Lipinski definition) is 1. The minimum Gasteiger partial charge on any atom is -0.306 e. The van der Waals surface area contributed by atoms with Gasteiger partial charge in [0.05, 0.1) is 12.7 Å². The van der Waals surface area contributed by atoms with Crippen molar-refractivity contribution in [3.05, 3.63) is 45.6 Å². The number of halogens is 4. The van der Waals surface area contributed by atoms with Crippen LogP contribution in [0.3, 0.4) is 0 Å². The van der Waals surface area contributed by atoms with E-state index in [2.05, 4.69) is 20.6 Å². The molecule has 4 rings (SSSR count). The quantitative estimate of drug-likeness (QED) is 0.540. The van der Waals surface area contributed by atoms with E-state index in [1.54, 1.807) is 24.0 Å². The molecule has 0 fully saturated rings. The minimum absolute atomic E-state index is 0.153. The molecule has 3 heterocycles. The molecule has 1 atom stereocenters. The van der Waals surface area contributed by atoms with Gasteiger partial charge in [-0.25, -0.2) is 0 Å². The molecule has 12 heteroatoms. The molecule has 1 aliphatic carbocycles. The molecule has 0 saturated carbocycles. The summed E-state index contributed by atoms with van der Waals surface area (Å²) in [4.78, 5) is 13.0. The number of alkyl halides is 3. The summed E-state index contributed by atoms with van der Waals surface area (Å²) in [5.41, 5.74) is 1.75. The molecule has 8 nitrogen and oxygen atoms in total. The Kier molecular flexibility index (Phi) is 6.26. The first-order chi connectivity index (χ1) is 15.6. The lowest BCUT2D eigenvalue weighted by atomic mass is 10.1. The van der Waals surface area contributed by atoms with Gasteiger partial charge in [0, 0.05) is 35.3 Å². The van der Waals surface area contributed by atoms with Gasteiger partial charge in [-0.15, -0.1) is 0 Å². The molecule has 1 aliphatic rings. The maximum Gasteiger partial charge on any atom is 0.435 e. The Labute approximate surface area is 193 Å². The summed E-state index contributed by atoms with van der Waals surface area (Å²) in [5.74, 6) is -0.356. The first-order valence-electron chi connectivity index (χ1n) is 10.9. The van der Waals surface area contributed by atoms with Crippen molar-refractivity contribution in [2.45, 2.75) is 71.8 Å². The lowest BCUT2D eigenvalue weighted by Gasteiger charge is -2.17. The molecule has 0 aliphatic heterocycles. The van der Waals surface area contributed by atoms with Crippen molar-refractivity contribution in [3.8, 4) is 0 Å². The number of rotatable bonds is 7.